The molecule has 0 radical (unpaired) electrons. The Hall–Kier alpha value is -1.32. The molecule has 0 fully saturated rings. The average Bonchev–Trinajstić information content (AvgIpc) is 2.37. The Morgan fingerprint density at radius 1 is 0.385 bits per heavy atom. The summed E-state index contributed by atoms with van der Waals surface area (Å²) in [5.74, 6) is -3.91. The number of hydrogen-bond donors (Lipinski definition) is 0. The molecule has 4 nitrogen and oxygen atoms in total. The molecule has 0 N–H and O–H groups in total. The van der Waals surface area contributed by atoms with E-state index in [0.717, 1.165) is 0 Å². The lowest BCUT2D eigenvalue weighted by Gasteiger charge is -2.37. The van der Waals surface area contributed by atoms with E-state index < -0.39 is 33.5 Å². The zero-order valence-corrected chi connectivity index (χ0v) is 18.8. The van der Waals surface area contributed by atoms with Gasteiger partial charge < -0.3 is 0 Å². The fourth-order valence-electron chi connectivity index (χ4n) is 2.71. The first kappa shape index (κ1) is 24.7. The van der Waals surface area contributed by atoms with Crippen LogP contribution >= 0.6 is 0 Å². The monoisotopic (exact) mass is 366 g/mol. The van der Waals surface area contributed by atoms with Crippen molar-refractivity contribution in [2.75, 3.05) is 0 Å². The Labute approximate surface area is 159 Å². The lowest BCUT2D eigenvalue weighted by Crippen LogP contribution is -2.52. The largest absolute Gasteiger partial charge is 0.298 e. The van der Waals surface area contributed by atoms with E-state index in [9.17, 15) is 19.2 Å². The molecule has 0 atom stereocenters. The van der Waals surface area contributed by atoms with Crippen LogP contribution in [-0.2, 0) is 19.2 Å². The Kier molecular flexibility index (Phi) is 6.99. The highest BCUT2D eigenvalue weighted by molar-refractivity contribution is 6.17. The standard InChI is InChI=1S/C22H38O4/c1-19(2,3)15(23)13(16(24)20(4,5)6)14(17(25)21(7,8)9)18(26)22(10,11)12/h13-14H,1-12H3. The predicted octanol–water partition coefficient (Wildman–Crippen LogP) is 4.68. The van der Waals surface area contributed by atoms with Crippen molar-refractivity contribution in [3.05, 3.63) is 0 Å². The van der Waals surface area contributed by atoms with Crippen LogP contribution in [0.5, 0.6) is 0 Å². The summed E-state index contributed by atoms with van der Waals surface area (Å²) in [4.78, 5) is 52.9. The van der Waals surface area contributed by atoms with E-state index in [1.54, 1.807) is 83.1 Å². The number of carbonyl (C=O) groups is 4. The SMILES string of the molecule is CC(C)(C)C(=O)C(C(=O)C(C)(C)C)C(C(=O)C(C)(C)C)C(=O)C(C)(C)C. The number of Topliss-reactive ketones (excluding diaryl/α,β-unsaturated/α-hetero) is 4. The van der Waals surface area contributed by atoms with E-state index in [4.69, 9.17) is 0 Å². The molecule has 0 aliphatic carbocycles. The second kappa shape index (κ2) is 7.36. The second-order valence-corrected chi connectivity index (χ2v) is 11.4. The van der Waals surface area contributed by atoms with Crippen LogP contribution in [0.4, 0.5) is 0 Å². The molecule has 0 aromatic rings. The van der Waals surface area contributed by atoms with Gasteiger partial charge in [-0.05, 0) is 0 Å². The number of rotatable bonds is 5. The molecule has 0 aliphatic rings. The van der Waals surface area contributed by atoms with Crippen LogP contribution in [0.2, 0.25) is 0 Å². The van der Waals surface area contributed by atoms with E-state index in [1.165, 1.54) is 0 Å². The van der Waals surface area contributed by atoms with Crippen LogP contribution < -0.4 is 0 Å². The number of ketones is 4. The summed E-state index contributed by atoms with van der Waals surface area (Å²) in [7, 11) is 0. The minimum atomic E-state index is -1.26. The van der Waals surface area contributed by atoms with Gasteiger partial charge in [0.15, 0.2) is 0 Å². The van der Waals surface area contributed by atoms with Gasteiger partial charge in [0.1, 0.15) is 23.1 Å². The Balaban J connectivity index is 6.72. The van der Waals surface area contributed by atoms with Crippen molar-refractivity contribution in [1.29, 1.82) is 0 Å². The molecule has 0 aromatic heterocycles. The Morgan fingerprint density at radius 3 is 0.577 bits per heavy atom. The Bertz CT molecular complexity index is 478. The second-order valence-electron chi connectivity index (χ2n) is 11.4. The molecule has 0 heterocycles. The van der Waals surface area contributed by atoms with E-state index >= 15 is 0 Å². The third kappa shape index (κ3) is 5.85. The molecule has 0 aliphatic heterocycles. The quantitative estimate of drug-likeness (QED) is 0.663. The number of carbonyl (C=O) groups excluding carboxylic acids is 4. The molecular weight excluding hydrogens is 328 g/mol. The van der Waals surface area contributed by atoms with Crippen LogP contribution in [0.3, 0.4) is 0 Å². The van der Waals surface area contributed by atoms with Crippen molar-refractivity contribution in [2.24, 2.45) is 33.5 Å². The highest BCUT2D eigenvalue weighted by Crippen LogP contribution is 2.38. The van der Waals surface area contributed by atoms with Crippen molar-refractivity contribution in [3.8, 4) is 0 Å². The van der Waals surface area contributed by atoms with Crippen molar-refractivity contribution in [1.82, 2.24) is 0 Å². The van der Waals surface area contributed by atoms with E-state index in [2.05, 4.69) is 0 Å². The van der Waals surface area contributed by atoms with E-state index in [1.807, 2.05) is 0 Å². The minimum absolute atomic E-state index is 0.349. The average molecular weight is 367 g/mol. The van der Waals surface area contributed by atoms with Gasteiger partial charge in [-0.25, -0.2) is 0 Å². The molecule has 0 rings (SSSR count). The highest BCUT2D eigenvalue weighted by atomic mass is 16.2. The van der Waals surface area contributed by atoms with Gasteiger partial charge in [0.25, 0.3) is 0 Å². The molecule has 0 aromatic carbocycles. The summed E-state index contributed by atoms with van der Waals surface area (Å²) in [6.45, 7) is 20.6. The number of hydrogen-bond acceptors (Lipinski definition) is 4. The van der Waals surface area contributed by atoms with Crippen LogP contribution in [0, 0.1) is 33.5 Å². The topological polar surface area (TPSA) is 68.3 Å². The fourth-order valence-corrected chi connectivity index (χ4v) is 2.71. The first-order chi connectivity index (χ1) is 11.1. The summed E-state index contributed by atoms with van der Waals surface area (Å²) in [5, 5.41) is 0. The lowest BCUT2D eigenvalue weighted by molar-refractivity contribution is -0.156. The molecule has 0 spiro atoms. The lowest BCUT2D eigenvalue weighted by atomic mass is 9.62. The molecule has 0 bridgehead atoms. The van der Waals surface area contributed by atoms with E-state index in [0.29, 0.717) is 0 Å². The highest BCUT2D eigenvalue weighted by Gasteiger charge is 2.52. The van der Waals surface area contributed by atoms with Gasteiger partial charge in [0.05, 0.1) is 11.8 Å². The molecule has 26 heavy (non-hydrogen) atoms. The first-order valence-electron chi connectivity index (χ1n) is 9.30. The molecule has 0 saturated carbocycles. The summed E-state index contributed by atoms with van der Waals surface area (Å²) < 4.78 is 0. The molecule has 4 heteroatoms. The zero-order valence-electron chi connectivity index (χ0n) is 18.8. The van der Waals surface area contributed by atoms with E-state index in [-0.39, 0.29) is 23.1 Å². The molecule has 0 amide bonds. The van der Waals surface area contributed by atoms with Gasteiger partial charge >= 0.3 is 0 Å². The predicted molar refractivity (Wildman–Crippen MR) is 105 cm³/mol. The summed E-state index contributed by atoms with van der Waals surface area (Å²) in [6.07, 6.45) is 0. The summed E-state index contributed by atoms with van der Waals surface area (Å²) in [5.41, 5.74) is -3.33. The van der Waals surface area contributed by atoms with Crippen molar-refractivity contribution >= 4 is 23.1 Å². The van der Waals surface area contributed by atoms with Crippen LogP contribution in [0.15, 0.2) is 0 Å². The van der Waals surface area contributed by atoms with Crippen molar-refractivity contribution in [2.45, 2.75) is 83.1 Å². The van der Waals surface area contributed by atoms with Gasteiger partial charge in [0.2, 0.25) is 0 Å². The first-order valence-corrected chi connectivity index (χ1v) is 9.30. The Morgan fingerprint density at radius 2 is 0.500 bits per heavy atom. The van der Waals surface area contributed by atoms with Gasteiger partial charge in [-0.2, -0.15) is 0 Å². The third-order valence-electron chi connectivity index (χ3n) is 4.42. The third-order valence-corrected chi connectivity index (χ3v) is 4.42. The van der Waals surface area contributed by atoms with Crippen LogP contribution in [0.1, 0.15) is 83.1 Å². The van der Waals surface area contributed by atoms with Crippen molar-refractivity contribution < 1.29 is 19.2 Å². The maximum Gasteiger partial charge on any atom is 0.149 e. The molecular formula is C22H38O4. The maximum atomic E-state index is 13.2. The maximum absolute atomic E-state index is 13.2. The molecule has 0 unspecified atom stereocenters. The van der Waals surface area contributed by atoms with Gasteiger partial charge in [0, 0.05) is 21.7 Å². The summed E-state index contributed by atoms with van der Waals surface area (Å²) >= 11 is 0. The molecule has 0 saturated heterocycles. The van der Waals surface area contributed by atoms with Gasteiger partial charge in [-0.1, -0.05) is 83.1 Å². The molecule has 150 valence electrons. The van der Waals surface area contributed by atoms with Gasteiger partial charge in [-0.3, -0.25) is 19.2 Å². The van der Waals surface area contributed by atoms with Crippen LogP contribution in [-0.4, -0.2) is 23.1 Å². The zero-order chi connectivity index (χ0) is 21.5. The van der Waals surface area contributed by atoms with Crippen molar-refractivity contribution in [3.63, 3.8) is 0 Å². The van der Waals surface area contributed by atoms with Crippen LogP contribution in [0.25, 0.3) is 0 Å². The fraction of sp³-hybridized carbons (Fsp3) is 0.818. The minimum Gasteiger partial charge on any atom is -0.298 e. The van der Waals surface area contributed by atoms with Gasteiger partial charge in [-0.15, -0.1) is 0 Å². The smallest absolute Gasteiger partial charge is 0.149 e. The normalized spacial score (nSPS) is 13.9. The summed E-state index contributed by atoms with van der Waals surface area (Å²) in [6, 6.07) is 0.